The van der Waals surface area contributed by atoms with Gasteiger partial charge in [-0.2, -0.15) is 0 Å². The van der Waals surface area contributed by atoms with Gasteiger partial charge in [-0.05, 0) is 63.3 Å². The van der Waals surface area contributed by atoms with Gasteiger partial charge >= 0.3 is 0 Å². The Bertz CT molecular complexity index is 711. The first-order valence-corrected chi connectivity index (χ1v) is 9.28. The second kappa shape index (κ2) is 7.71. The van der Waals surface area contributed by atoms with Crippen molar-refractivity contribution in [2.75, 3.05) is 6.54 Å². The zero-order chi connectivity index (χ0) is 16.9. The van der Waals surface area contributed by atoms with Crippen LogP contribution in [0, 0.1) is 0 Å². The lowest BCUT2D eigenvalue weighted by Gasteiger charge is -2.35. The zero-order valence-electron chi connectivity index (χ0n) is 13.9. The van der Waals surface area contributed by atoms with Crippen LogP contribution in [-0.2, 0) is 6.42 Å². The highest BCUT2D eigenvalue weighted by Crippen LogP contribution is 2.26. The Balaban J connectivity index is 1.69. The van der Waals surface area contributed by atoms with E-state index in [2.05, 4.69) is 4.98 Å². The van der Waals surface area contributed by atoms with E-state index in [0.29, 0.717) is 9.75 Å². The van der Waals surface area contributed by atoms with Crippen LogP contribution in [0.5, 0.6) is 0 Å². The largest absolute Gasteiger partial charge is 0.335 e. The molecule has 0 aromatic carbocycles. The first kappa shape index (κ1) is 16.8. The zero-order valence-corrected chi connectivity index (χ0v) is 14.7. The highest BCUT2D eigenvalue weighted by molar-refractivity contribution is 7.15. The highest BCUT2D eigenvalue weighted by Gasteiger charge is 2.28. The standard InChI is InChI=1S/C19H22N2O2S/c1-14(22)17-10-11-18(24-17)19(23)21-13-5-3-7-16(21)9-8-15-6-2-4-12-20-15/h2,4,6,10-12,16H,3,5,7-9,13H2,1H3/t16-/m1/s1. The molecule has 3 heterocycles. The number of thiophene rings is 1. The molecule has 0 N–H and O–H groups in total. The van der Waals surface area contributed by atoms with E-state index in [9.17, 15) is 9.59 Å². The molecule has 2 aromatic rings. The number of hydrogen-bond acceptors (Lipinski definition) is 4. The number of piperidine rings is 1. The maximum atomic E-state index is 12.9. The Hall–Kier alpha value is -2.01. The predicted octanol–water partition coefficient (Wildman–Crippen LogP) is 3.97. The fourth-order valence-corrected chi connectivity index (χ4v) is 4.07. The third-order valence-corrected chi connectivity index (χ3v) is 5.69. The summed E-state index contributed by atoms with van der Waals surface area (Å²) in [5, 5.41) is 0. The van der Waals surface area contributed by atoms with E-state index in [0.717, 1.165) is 37.9 Å². The molecular formula is C19H22N2O2S. The van der Waals surface area contributed by atoms with E-state index < -0.39 is 0 Å². The van der Waals surface area contributed by atoms with Gasteiger partial charge in [-0.15, -0.1) is 11.3 Å². The van der Waals surface area contributed by atoms with Crippen LogP contribution in [0.25, 0.3) is 0 Å². The molecule has 0 aliphatic carbocycles. The number of aryl methyl sites for hydroxylation is 1. The first-order valence-electron chi connectivity index (χ1n) is 8.47. The molecule has 1 amide bonds. The van der Waals surface area contributed by atoms with Crippen LogP contribution in [0.1, 0.15) is 57.6 Å². The third-order valence-electron chi connectivity index (χ3n) is 4.51. The monoisotopic (exact) mass is 342 g/mol. The lowest BCUT2D eigenvalue weighted by Crippen LogP contribution is -2.43. The van der Waals surface area contributed by atoms with Gasteiger partial charge in [0, 0.05) is 24.5 Å². The molecule has 1 saturated heterocycles. The average Bonchev–Trinajstić information content (AvgIpc) is 3.11. The Morgan fingerprint density at radius 3 is 2.75 bits per heavy atom. The number of carbonyl (C=O) groups excluding carboxylic acids is 2. The van der Waals surface area contributed by atoms with Crippen molar-refractivity contribution in [2.24, 2.45) is 0 Å². The molecule has 0 bridgehead atoms. The number of aromatic nitrogens is 1. The van der Waals surface area contributed by atoms with Crippen molar-refractivity contribution in [3.63, 3.8) is 0 Å². The molecule has 1 fully saturated rings. The number of pyridine rings is 1. The van der Waals surface area contributed by atoms with Gasteiger partial charge in [-0.1, -0.05) is 6.07 Å². The summed E-state index contributed by atoms with van der Waals surface area (Å²) < 4.78 is 0. The minimum atomic E-state index is 0.0180. The van der Waals surface area contributed by atoms with Crippen molar-refractivity contribution in [3.05, 3.63) is 52.0 Å². The van der Waals surface area contributed by atoms with Crippen LogP contribution in [0.3, 0.4) is 0 Å². The predicted molar refractivity (Wildman–Crippen MR) is 95.6 cm³/mol. The van der Waals surface area contributed by atoms with Crippen molar-refractivity contribution >= 4 is 23.0 Å². The summed E-state index contributed by atoms with van der Waals surface area (Å²) in [6.45, 7) is 2.34. The second-order valence-corrected chi connectivity index (χ2v) is 7.31. The maximum Gasteiger partial charge on any atom is 0.264 e. The number of carbonyl (C=O) groups is 2. The van der Waals surface area contributed by atoms with Gasteiger partial charge in [0.15, 0.2) is 5.78 Å². The summed E-state index contributed by atoms with van der Waals surface area (Å²) >= 11 is 1.31. The lowest BCUT2D eigenvalue weighted by molar-refractivity contribution is 0.0606. The van der Waals surface area contributed by atoms with Crippen LogP contribution < -0.4 is 0 Å². The molecule has 2 aromatic heterocycles. The molecule has 0 saturated carbocycles. The Labute approximate surface area is 146 Å². The fourth-order valence-electron chi connectivity index (χ4n) is 3.21. The molecule has 3 rings (SSSR count). The number of rotatable bonds is 5. The van der Waals surface area contributed by atoms with Crippen molar-refractivity contribution in [1.82, 2.24) is 9.88 Å². The van der Waals surface area contributed by atoms with Gasteiger partial charge in [0.25, 0.3) is 5.91 Å². The second-order valence-electron chi connectivity index (χ2n) is 6.23. The van der Waals surface area contributed by atoms with Crippen molar-refractivity contribution in [2.45, 2.75) is 45.1 Å². The summed E-state index contributed by atoms with van der Waals surface area (Å²) in [6.07, 6.45) is 6.90. The van der Waals surface area contributed by atoms with E-state index >= 15 is 0 Å². The average molecular weight is 342 g/mol. The molecule has 1 aliphatic rings. The van der Waals surface area contributed by atoms with Gasteiger partial charge in [0.2, 0.25) is 0 Å². The van der Waals surface area contributed by atoms with E-state index in [1.807, 2.05) is 29.3 Å². The third kappa shape index (κ3) is 3.90. The van der Waals surface area contributed by atoms with E-state index in [4.69, 9.17) is 0 Å². The molecule has 24 heavy (non-hydrogen) atoms. The van der Waals surface area contributed by atoms with Crippen molar-refractivity contribution in [3.8, 4) is 0 Å². The molecule has 4 nitrogen and oxygen atoms in total. The number of likely N-dealkylation sites (tertiary alicyclic amines) is 1. The molecule has 0 radical (unpaired) electrons. The van der Waals surface area contributed by atoms with Gasteiger partial charge < -0.3 is 4.90 Å². The van der Waals surface area contributed by atoms with Crippen molar-refractivity contribution < 1.29 is 9.59 Å². The minimum Gasteiger partial charge on any atom is -0.335 e. The topological polar surface area (TPSA) is 50.3 Å². The molecule has 0 spiro atoms. The quantitative estimate of drug-likeness (QED) is 0.773. The molecule has 126 valence electrons. The summed E-state index contributed by atoms with van der Waals surface area (Å²) in [4.78, 5) is 32.0. The number of Topliss-reactive ketones (excluding diaryl/α,β-unsaturated/α-hetero) is 1. The van der Waals surface area contributed by atoms with Crippen LogP contribution >= 0.6 is 11.3 Å². The molecule has 1 atom stereocenters. The maximum absolute atomic E-state index is 12.9. The van der Waals surface area contributed by atoms with Crippen LogP contribution in [0.2, 0.25) is 0 Å². The van der Waals surface area contributed by atoms with Crippen LogP contribution in [-0.4, -0.2) is 34.2 Å². The number of hydrogen-bond donors (Lipinski definition) is 0. The Morgan fingerprint density at radius 2 is 2.04 bits per heavy atom. The summed E-state index contributed by atoms with van der Waals surface area (Å²) in [5.74, 6) is 0.0858. The Morgan fingerprint density at radius 1 is 1.21 bits per heavy atom. The van der Waals surface area contributed by atoms with Crippen LogP contribution in [0.4, 0.5) is 0 Å². The molecular weight excluding hydrogens is 320 g/mol. The summed E-state index contributed by atoms with van der Waals surface area (Å²) in [5.41, 5.74) is 1.07. The number of nitrogens with zero attached hydrogens (tertiary/aromatic N) is 2. The molecule has 1 aliphatic heterocycles. The number of ketones is 1. The van der Waals surface area contributed by atoms with Gasteiger partial charge in [-0.25, -0.2) is 0 Å². The first-order chi connectivity index (χ1) is 11.6. The minimum absolute atomic E-state index is 0.0180. The highest BCUT2D eigenvalue weighted by atomic mass is 32.1. The van der Waals surface area contributed by atoms with Crippen LogP contribution in [0.15, 0.2) is 36.5 Å². The SMILES string of the molecule is CC(=O)c1ccc(C(=O)N2CCCC[C@@H]2CCc2ccccn2)s1. The van der Waals surface area contributed by atoms with Crippen molar-refractivity contribution in [1.29, 1.82) is 0 Å². The molecule has 0 unspecified atom stereocenters. The smallest absolute Gasteiger partial charge is 0.264 e. The Kier molecular flexibility index (Phi) is 5.41. The van der Waals surface area contributed by atoms with Gasteiger partial charge in [0.1, 0.15) is 0 Å². The lowest BCUT2D eigenvalue weighted by atomic mass is 9.97. The normalized spacial score (nSPS) is 17.7. The van der Waals surface area contributed by atoms with E-state index in [-0.39, 0.29) is 17.7 Å². The molecule has 5 heteroatoms. The van der Waals surface area contributed by atoms with Gasteiger partial charge in [-0.3, -0.25) is 14.6 Å². The fraction of sp³-hybridized carbons (Fsp3) is 0.421. The summed E-state index contributed by atoms with van der Waals surface area (Å²) in [6, 6.07) is 9.76. The van der Waals surface area contributed by atoms with Gasteiger partial charge in [0.05, 0.1) is 9.75 Å². The number of amides is 1. The van der Waals surface area contributed by atoms with E-state index in [1.54, 1.807) is 12.1 Å². The van der Waals surface area contributed by atoms with E-state index in [1.165, 1.54) is 24.7 Å². The summed E-state index contributed by atoms with van der Waals surface area (Å²) in [7, 11) is 0.